The van der Waals surface area contributed by atoms with Crippen LogP contribution >= 0.6 is 0 Å². The third-order valence-electron chi connectivity index (χ3n) is 3.66. The molecular formula is C16H20N2O. The summed E-state index contributed by atoms with van der Waals surface area (Å²) in [6, 6.07) is 7.37. The van der Waals surface area contributed by atoms with E-state index in [2.05, 4.69) is 18.2 Å². The van der Waals surface area contributed by atoms with Crippen LogP contribution in [-0.4, -0.2) is 24.0 Å². The lowest BCUT2D eigenvalue weighted by Gasteiger charge is -2.32. The van der Waals surface area contributed by atoms with Gasteiger partial charge in [-0.15, -0.1) is 6.42 Å². The lowest BCUT2D eigenvalue weighted by Crippen LogP contribution is -2.42. The van der Waals surface area contributed by atoms with Crippen molar-refractivity contribution in [3.63, 3.8) is 0 Å². The maximum atomic E-state index is 12.2. The summed E-state index contributed by atoms with van der Waals surface area (Å²) in [6.45, 7) is 3.89. The lowest BCUT2D eigenvalue weighted by molar-refractivity contribution is 0.176. The third kappa shape index (κ3) is 3.51. The van der Waals surface area contributed by atoms with E-state index in [9.17, 15) is 4.79 Å². The summed E-state index contributed by atoms with van der Waals surface area (Å²) in [5.41, 5.74) is 1.54. The third-order valence-corrected chi connectivity index (χ3v) is 3.66. The Morgan fingerprint density at radius 1 is 1.58 bits per heavy atom. The van der Waals surface area contributed by atoms with Crippen molar-refractivity contribution in [3.8, 4) is 12.3 Å². The number of nitrogens with zero attached hydrogens (tertiary/aromatic N) is 1. The molecule has 19 heavy (non-hydrogen) atoms. The number of carbonyl (C=O) groups is 1. The molecule has 0 unspecified atom stereocenters. The maximum absolute atomic E-state index is 12.2. The second kappa shape index (κ2) is 6.29. The quantitative estimate of drug-likeness (QED) is 0.809. The van der Waals surface area contributed by atoms with Gasteiger partial charge in [-0.2, -0.15) is 0 Å². The van der Waals surface area contributed by atoms with Gasteiger partial charge in [-0.05, 0) is 37.0 Å². The second-order valence-electron chi connectivity index (χ2n) is 5.02. The molecule has 1 saturated heterocycles. The van der Waals surface area contributed by atoms with Crippen LogP contribution in [-0.2, 0) is 0 Å². The van der Waals surface area contributed by atoms with Crippen LogP contribution in [0, 0.1) is 18.3 Å². The number of likely N-dealkylation sites (tertiary alicyclic amines) is 1. The second-order valence-corrected chi connectivity index (χ2v) is 5.02. The van der Waals surface area contributed by atoms with Gasteiger partial charge < -0.3 is 10.2 Å². The van der Waals surface area contributed by atoms with Gasteiger partial charge in [0.2, 0.25) is 0 Å². The van der Waals surface area contributed by atoms with Gasteiger partial charge in [0, 0.05) is 24.3 Å². The van der Waals surface area contributed by atoms with E-state index < -0.39 is 0 Å². The molecule has 1 aliphatic rings. The molecule has 0 aliphatic carbocycles. The summed E-state index contributed by atoms with van der Waals surface area (Å²) in [4.78, 5) is 14.1. The molecule has 0 aromatic heterocycles. The minimum absolute atomic E-state index is 0.0210. The summed E-state index contributed by atoms with van der Waals surface area (Å²) in [6.07, 6.45) is 8.81. The minimum Gasteiger partial charge on any atom is -0.324 e. The van der Waals surface area contributed by atoms with Crippen molar-refractivity contribution in [2.24, 2.45) is 5.92 Å². The fourth-order valence-electron chi connectivity index (χ4n) is 2.47. The summed E-state index contributed by atoms with van der Waals surface area (Å²) < 4.78 is 0. The van der Waals surface area contributed by atoms with E-state index in [1.54, 1.807) is 0 Å². The van der Waals surface area contributed by atoms with Gasteiger partial charge in [0.1, 0.15) is 0 Å². The number of anilines is 1. The Kier molecular flexibility index (Phi) is 4.46. The maximum Gasteiger partial charge on any atom is 0.321 e. The van der Waals surface area contributed by atoms with Crippen LogP contribution in [0.15, 0.2) is 24.3 Å². The van der Waals surface area contributed by atoms with E-state index in [1.807, 2.05) is 29.2 Å². The van der Waals surface area contributed by atoms with E-state index in [4.69, 9.17) is 6.42 Å². The van der Waals surface area contributed by atoms with Crippen molar-refractivity contribution in [1.29, 1.82) is 0 Å². The molecular weight excluding hydrogens is 236 g/mol. The Morgan fingerprint density at radius 2 is 2.42 bits per heavy atom. The lowest BCUT2D eigenvalue weighted by atomic mass is 9.96. The largest absolute Gasteiger partial charge is 0.324 e. The number of urea groups is 1. The average molecular weight is 256 g/mol. The zero-order valence-corrected chi connectivity index (χ0v) is 11.4. The van der Waals surface area contributed by atoms with Crippen molar-refractivity contribution >= 4 is 11.7 Å². The van der Waals surface area contributed by atoms with Gasteiger partial charge in [0.25, 0.3) is 0 Å². The Hall–Kier alpha value is -1.95. The number of hydrogen-bond acceptors (Lipinski definition) is 1. The number of hydrogen-bond donors (Lipinski definition) is 1. The predicted octanol–water partition coefficient (Wildman–Crippen LogP) is 3.32. The molecule has 0 spiro atoms. The van der Waals surface area contributed by atoms with E-state index >= 15 is 0 Å². The average Bonchev–Trinajstić information content (AvgIpc) is 2.47. The van der Waals surface area contributed by atoms with Gasteiger partial charge in [0.05, 0.1) is 0 Å². The summed E-state index contributed by atoms with van der Waals surface area (Å²) in [7, 11) is 0. The van der Waals surface area contributed by atoms with E-state index in [-0.39, 0.29) is 6.03 Å². The van der Waals surface area contributed by atoms with Crippen LogP contribution in [0.3, 0.4) is 0 Å². The molecule has 0 bridgehead atoms. The first-order chi connectivity index (χ1) is 9.22. The highest BCUT2D eigenvalue weighted by Gasteiger charge is 2.22. The minimum atomic E-state index is -0.0210. The van der Waals surface area contributed by atoms with Gasteiger partial charge in [-0.25, -0.2) is 4.79 Å². The van der Waals surface area contributed by atoms with Crippen LogP contribution in [0.25, 0.3) is 0 Å². The van der Waals surface area contributed by atoms with Crippen LogP contribution in [0.2, 0.25) is 0 Å². The van der Waals surface area contributed by atoms with Crippen LogP contribution in [0.1, 0.15) is 31.7 Å². The zero-order chi connectivity index (χ0) is 13.7. The molecule has 100 valence electrons. The molecule has 2 amide bonds. The number of carbonyl (C=O) groups excluding carboxylic acids is 1. The number of piperidine rings is 1. The molecule has 0 saturated carbocycles. The van der Waals surface area contributed by atoms with Crippen molar-refractivity contribution in [1.82, 2.24) is 4.90 Å². The monoisotopic (exact) mass is 256 g/mol. The fourth-order valence-corrected chi connectivity index (χ4v) is 2.47. The van der Waals surface area contributed by atoms with Gasteiger partial charge in [0.15, 0.2) is 0 Å². The van der Waals surface area contributed by atoms with Gasteiger partial charge >= 0.3 is 6.03 Å². The van der Waals surface area contributed by atoms with Crippen LogP contribution in [0.4, 0.5) is 10.5 Å². The van der Waals surface area contributed by atoms with Crippen LogP contribution in [0.5, 0.6) is 0 Å². The zero-order valence-electron chi connectivity index (χ0n) is 11.4. The van der Waals surface area contributed by atoms with E-state index in [0.717, 1.165) is 37.2 Å². The summed E-state index contributed by atoms with van der Waals surface area (Å²) in [5.74, 6) is 3.21. The fraction of sp³-hybridized carbons (Fsp3) is 0.438. The van der Waals surface area contributed by atoms with Crippen molar-refractivity contribution < 1.29 is 4.79 Å². The van der Waals surface area contributed by atoms with E-state index in [0.29, 0.717) is 5.92 Å². The molecule has 1 N–H and O–H groups in total. The highest BCUT2D eigenvalue weighted by Crippen LogP contribution is 2.20. The normalized spacial score (nSPS) is 18.7. The molecule has 2 rings (SSSR count). The molecule has 1 aliphatic heterocycles. The molecule has 1 atom stereocenters. The van der Waals surface area contributed by atoms with Crippen molar-refractivity contribution in [3.05, 3.63) is 29.8 Å². The first-order valence-electron chi connectivity index (χ1n) is 6.85. The number of nitrogens with one attached hydrogen (secondary N) is 1. The van der Waals surface area contributed by atoms with Crippen molar-refractivity contribution in [2.75, 3.05) is 18.4 Å². The number of terminal acetylenes is 1. The SMILES string of the molecule is C#Cc1cccc(NC(=O)N2CCC[C@@H](CC)C2)c1. The summed E-state index contributed by atoms with van der Waals surface area (Å²) >= 11 is 0. The first-order valence-corrected chi connectivity index (χ1v) is 6.85. The Balaban J connectivity index is 1.98. The number of rotatable bonds is 2. The first kappa shape index (κ1) is 13.5. The molecule has 1 aromatic carbocycles. The Labute approximate surface area is 115 Å². The van der Waals surface area contributed by atoms with Gasteiger partial charge in [-0.1, -0.05) is 25.3 Å². The standard InChI is InChI=1S/C16H20N2O/c1-3-13-7-5-9-15(11-13)17-16(19)18-10-6-8-14(4-2)12-18/h1,5,7,9,11,14H,4,6,8,10,12H2,2H3,(H,17,19)/t14-/m1/s1. The Morgan fingerprint density at radius 3 is 3.16 bits per heavy atom. The number of amides is 2. The Bertz CT molecular complexity index is 490. The predicted molar refractivity (Wildman–Crippen MR) is 78.0 cm³/mol. The highest BCUT2D eigenvalue weighted by atomic mass is 16.2. The molecule has 3 heteroatoms. The molecule has 1 heterocycles. The van der Waals surface area contributed by atoms with Crippen molar-refractivity contribution in [2.45, 2.75) is 26.2 Å². The molecule has 3 nitrogen and oxygen atoms in total. The highest BCUT2D eigenvalue weighted by molar-refractivity contribution is 5.89. The smallest absolute Gasteiger partial charge is 0.321 e. The topological polar surface area (TPSA) is 32.3 Å². The molecule has 1 fully saturated rings. The molecule has 1 aromatic rings. The molecule has 0 radical (unpaired) electrons. The van der Waals surface area contributed by atoms with Crippen LogP contribution < -0.4 is 5.32 Å². The number of benzene rings is 1. The summed E-state index contributed by atoms with van der Waals surface area (Å²) in [5, 5.41) is 2.92. The van der Waals surface area contributed by atoms with Gasteiger partial charge in [-0.3, -0.25) is 0 Å². The van der Waals surface area contributed by atoms with E-state index in [1.165, 1.54) is 6.42 Å².